The second kappa shape index (κ2) is 4.79. The molecule has 7 heteroatoms. The Kier molecular flexibility index (Phi) is 3.37. The summed E-state index contributed by atoms with van der Waals surface area (Å²) in [6, 6.07) is 6.07. The summed E-state index contributed by atoms with van der Waals surface area (Å²) in [7, 11) is 0. The molecule has 2 rings (SSSR count). The Hall–Kier alpha value is -1.50. The number of aliphatic hydroxyl groups excluding tert-OH is 1. The summed E-state index contributed by atoms with van der Waals surface area (Å²) in [5, 5.41) is 19.8. The van der Waals surface area contributed by atoms with Gasteiger partial charge in [-0.25, -0.2) is 4.98 Å². The van der Waals surface area contributed by atoms with Gasteiger partial charge in [-0.15, -0.1) is 11.3 Å². The maximum absolute atomic E-state index is 10.7. The van der Waals surface area contributed by atoms with Crippen molar-refractivity contribution in [1.82, 2.24) is 4.98 Å². The van der Waals surface area contributed by atoms with Crippen LogP contribution in [0, 0.1) is 10.1 Å². The molecule has 1 N–H and O–H groups in total. The molecule has 1 aromatic carbocycles. The van der Waals surface area contributed by atoms with Crippen molar-refractivity contribution in [1.29, 1.82) is 0 Å². The van der Waals surface area contributed by atoms with E-state index in [9.17, 15) is 10.1 Å². The number of hydrogen-bond acceptors (Lipinski definition) is 5. The van der Waals surface area contributed by atoms with Crippen molar-refractivity contribution in [3.8, 4) is 11.3 Å². The molecule has 1 heterocycles. The fourth-order valence-corrected chi connectivity index (χ4v) is 2.45. The summed E-state index contributed by atoms with van der Waals surface area (Å²) < 4.78 is 0.301. The van der Waals surface area contributed by atoms with Crippen LogP contribution in [0.1, 0.15) is 4.88 Å². The summed E-state index contributed by atoms with van der Waals surface area (Å²) in [6.07, 6.45) is 0. The molecule has 0 radical (unpaired) electrons. The van der Waals surface area contributed by atoms with Gasteiger partial charge in [-0.1, -0.05) is 23.7 Å². The van der Waals surface area contributed by atoms with Crippen molar-refractivity contribution in [2.24, 2.45) is 0 Å². The molecule has 0 saturated carbocycles. The number of rotatable bonds is 3. The predicted octanol–water partition coefficient (Wildman–Crippen LogP) is 2.86. The van der Waals surface area contributed by atoms with Gasteiger partial charge in [0.1, 0.15) is 0 Å². The Labute approximate surface area is 105 Å². The first-order valence-corrected chi connectivity index (χ1v) is 5.82. The molecular formula is C10H7ClN2O3S. The van der Waals surface area contributed by atoms with E-state index in [1.807, 2.05) is 0 Å². The van der Waals surface area contributed by atoms with E-state index in [-0.39, 0.29) is 12.3 Å². The van der Waals surface area contributed by atoms with Gasteiger partial charge in [-0.3, -0.25) is 10.1 Å². The SMILES string of the molecule is O=[N+]([O-])c1cccc(-c2nc(Cl)sc2CO)c1. The van der Waals surface area contributed by atoms with Crippen LogP contribution >= 0.6 is 22.9 Å². The molecule has 0 bridgehead atoms. The summed E-state index contributed by atoms with van der Waals surface area (Å²) in [6.45, 7) is -0.192. The van der Waals surface area contributed by atoms with Crippen LogP contribution in [-0.4, -0.2) is 15.0 Å². The lowest BCUT2D eigenvalue weighted by atomic mass is 10.1. The number of nitro groups is 1. The highest BCUT2D eigenvalue weighted by Gasteiger charge is 2.14. The summed E-state index contributed by atoms with van der Waals surface area (Å²) in [5.74, 6) is 0. The van der Waals surface area contributed by atoms with Gasteiger partial charge >= 0.3 is 0 Å². The van der Waals surface area contributed by atoms with E-state index in [4.69, 9.17) is 16.7 Å². The average molecular weight is 271 g/mol. The lowest BCUT2D eigenvalue weighted by molar-refractivity contribution is -0.384. The molecule has 0 fully saturated rings. The lowest BCUT2D eigenvalue weighted by Crippen LogP contribution is -1.90. The van der Waals surface area contributed by atoms with Gasteiger partial charge < -0.3 is 5.11 Å². The van der Waals surface area contributed by atoms with Gasteiger partial charge in [0.15, 0.2) is 4.47 Å². The van der Waals surface area contributed by atoms with Crippen molar-refractivity contribution in [3.05, 3.63) is 43.7 Å². The van der Waals surface area contributed by atoms with Gasteiger partial charge in [0.25, 0.3) is 5.69 Å². The zero-order chi connectivity index (χ0) is 12.4. The second-order valence-electron chi connectivity index (χ2n) is 3.20. The molecule has 0 spiro atoms. The quantitative estimate of drug-likeness (QED) is 0.687. The minimum atomic E-state index is -0.476. The first kappa shape index (κ1) is 12.0. The third-order valence-corrected chi connectivity index (χ3v) is 3.29. The zero-order valence-electron chi connectivity index (χ0n) is 8.46. The highest BCUT2D eigenvalue weighted by atomic mass is 35.5. The van der Waals surface area contributed by atoms with E-state index >= 15 is 0 Å². The van der Waals surface area contributed by atoms with Gasteiger partial charge in [0.05, 0.1) is 22.1 Å². The molecule has 0 amide bonds. The summed E-state index contributed by atoms with van der Waals surface area (Å²) in [4.78, 5) is 14.8. The maximum Gasteiger partial charge on any atom is 0.270 e. The highest BCUT2D eigenvalue weighted by Crippen LogP contribution is 2.32. The molecular weight excluding hydrogens is 264 g/mol. The first-order valence-electron chi connectivity index (χ1n) is 4.62. The Bertz CT molecular complexity index is 570. The third-order valence-electron chi connectivity index (χ3n) is 2.15. The Morgan fingerprint density at radius 2 is 2.29 bits per heavy atom. The number of halogens is 1. The van der Waals surface area contributed by atoms with E-state index in [2.05, 4.69) is 4.98 Å². The molecule has 88 valence electrons. The highest BCUT2D eigenvalue weighted by molar-refractivity contribution is 7.16. The largest absolute Gasteiger partial charge is 0.391 e. The third kappa shape index (κ3) is 2.44. The number of aromatic nitrogens is 1. The number of aliphatic hydroxyl groups is 1. The molecule has 0 atom stereocenters. The van der Waals surface area contributed by atoms with E-state index < -0.39 is 4.92 Å². The van der Waals surface area contributed by atoms with E-state index in [1.165, 1.54) is 12.1 Å². The molecule has 0 unspecified atom stereocenters. The van der Waals surface area contributed by atoms with Gasteiger partial charge in [0, 0.05) is 17.7 Å². The van der Waals surface area contributed by atoms with Crippen molar-refractivity contribution in [2.75, 3.05) is 0 Å². The topological polar surface area (TPSA) is 76.3 Å². The summed E-state index contributed by atoms with van der Waals surface area (Å²) >= 11 is 6.92. The van der Waals surface area contributed by atoms with Crippen molar-refractivity contribution in [2.45, 2.75) is 6.61 Å². The summed E-state index contributed by atoms with van der Waals surface area (Å²) in [5.41, 5.74) is 1.05. The van der Waals surface area contributed by atoms with Crippen LogP contribution in [0.2, 0.25) is 4.47 Å². The lowest BCUT2D eigenvalue weighted by Gasteiger charge is -1.99. The predicted molar refractivity (Wildman–Crippen MR) is 65.1 cm³/mol. The molecule has 0 aliphatic carbocycles. The van der Waals surface area contributed by atoms with Gasteiger partial charge in [0.2, 0.25) is 0 Å². The van der Waals surface area contributed by atoms with Crippen molar-refractivity contribution < 1.29 is 10.0 Å². The van der Waals surface area contributed by atoms with Crippen LogP contribution in [0.4, 0.5) is 5.69 Å². The minimum Gasteiger partial charge on any atom is -0.391 e. The molecule has 5 nitrogen and oxygen atoms in total. The number of benzene rings is 1. The second-order valence-corrected chi connectivity index (χ2v) is 4.87. The van der Waals surface area contributed by atoms with Crippen LogP contribution in [-0.2, 0) is 6.61 Å². The normalized spacial score (nSPS) is 10.5. The number of hydrogen-bond donors (Lipinski definition) is 1. The standard InChI is InChI=1S/C10H7ClN2O3S/c11-10-12-9(8(5-14)17-10)6-2-1-3-7(4-6)13(15)16/h1-4,14H,5H2. The van der Waals surface area contributed by atoms with Crippen LogP contribution in [0.25, 0.3) is 11.3 Å². The Morgan fingerprint density at radius 1 is 1.53 bits per heavy atom. The van der Waals surface area contributed by atoms with E-state index in [0.29, 0.717) is 20.6 Å². The van der Waals surface area contributed by atoms with Crippen LogP contribution in [0.5, 0.6) is 0 Å². The van der Waals surface area contributed by atoms with Crippen LogP contribution in [0.3, 0.4) is 0 Å². The molecule has 2 aromatic rings. The number of thiazole rings is 1. The van der Waals surface area contributed by atoms with Gasteiger partial charge in [-0.05, 0) is 0 Å². The average Bonchev–Trinajstić information content (AvgIpc) is 2.70. The minimum absolute atomic E-state index is 0.0180. The maximum atomic E-state index is 10.7. The fraction of sp³-hybridized carbons (Fsp3) is 0.100. The smallest absolute Gasteiger partial charge is 0.270 e. The number of nitro benzene ring substituents is 1. The van der Waals surface area contributed by atoms with Gasteiger partial charge in [-0.2, -0.15) is 0 Å². The molecule has 0 saturated heterocycles. The Balaban J connectivity index is 2.52. The van der Waals surface area contributed by atoms with Crippen LogP contribution < -0.4 is 0 Å². The number of nitrogens with zero attached hydrogens (tertiary/aromatic N) is 2. The van der Waals surface area contributed by atoms with Crippen molar-refractivity contribution in [3.63, 3.8) is 0 Å². The zero-order valence-corrected chi connectivity index (χ0v) is 10.0. The first-order chi connectivity index (χ1) is 8.11. The molecule has 0 aliphatic heterocycles. The van der Waals surface area contributed by atoms with Crippen molar-refractivity contribution >= 4 is 28.6 Å². The van der Waals surface area contributed by atoms with E-state index in [1.54, 1.807) is 12.1 Å². The number of non-ortho nitro benzene ring substituents is 1. The fourth-order valence-electron chi connectivity index (χ4n) is 1.42. The molecule has 0 aliphatic rings. The molecule has 17 heavy (non-hydrogen) atoms. The van der Waals surface area contributed by atoms with E-state index in [0.717, 1.165) is 11.3 Å². The Morgan fingerprint density at radius 3 is 2.94 bits per heavy atom. The molecule has 1 aromatic heterocycles. The monoisotopic (exact) mass is 270 g/mol. The van der Waals surface area contributed by atoms with Crippen LogP contribution in [0.15, 0.2) is 24.3 Å².